The molecule has 370 valence electrons. The Balaban J connectivity index is 0.000000343. The third-order valence-electron chi connectivity index (χ3n) is 13.5. The summed E-state index contributed by atoms with van der Waals surface area (Å²) in [5.41, 5.74) is 27.2. The van der Waals surface area contributed by atoms with Crippen LogP contribution in [0.3, 0.4) is 0 Å². The van der Waals surface area contributed by atoms with E-state index in [2.05, 4.69) is 258 Å². The molecule has 1 heterocycles. The van der Waals surface area contributed by atoms with Crippen LogP contribution in [0.1, 0.15) is 98.9 Å². The minimum Gasteiger partial charge on any atom is -0.456 e. The van der Waals surface area contributed by atoms with Crippen molar-refractivity contribution < 1.29 is 4.42 Å². The molecule has 0 saturated carbocycles. The molecule has 0 spiro atoms. The number of nitrogens with two attached hydrogens (primary N) is 1. The van der Waals surface area contributed by atoms with Gasteiger partial charge in [-0.3, -0.25) is 4.99 Å². The van der Waals surface area contributed by atoms with E-state index in [-0.39, 0.29) is 6.04 Å². The van der Waals surface area contributed by atoms with Crippen molar-refractivity contribution in [2.45, 2.75) is 79.7 Å². The molecule has 10 rings (SSSR count). The fraction of sp³-hybridized carbons (Fsp3) is 0.169. The highest BCUT2D eigenvalue weighted by molar-refractivity contribution is 6.08. The van der Waals surface area contributed by atoms with E-state index >= 15 is 0 Å². The van der Waals surface area contributed by atoms with Gasteiger partial charge in [-0.1, -0.05) is 234 Å². The summed E-state index contributed by atoms with van der Waals surface area (Å²) in [4.78, 5) is 5.29. The topological polar surface area (TPSA) is 51.5 Å². The largest absolute Gasteiger partial charge is 0.456 e. The van der Waals surface area contributed by atoms with Crippen molar-refractivity contribution in [3.63, 3.8) is 0 Å². The van der Waals surface area contributed by atoms with Crippen molar-refractivity contribution in [1.82, 2.24) is 0 Å². The zero-order valence-electron chi connectivity index (χ0n) is 44.1. The van der Waals surface area contributed by atoms with E-state index in [0.717, 1.165) is 87.7 Å². The smallest absolute Gasteiger partial charge is 0.136 e. The highest BCUT2D eigenvalue weighted by Crippen LogP contribution is 2.38. The van der Waals surface area contributed by atoms with Crippen LogP contribution in [-0.4, -0.2) is 5.71 Å². The number of fused-ring (bicyclic) bond motifs is 3. The van der Waals surface area contributed by atoms with Crippen LogP contribution < -0.4 is 5.73 Å². The number of hydrogen-bond acceptors (Lipinski definition) is 3. The third-order valence-corrected chi connectivity index (χ3v) is 13.5. The molecule has 2 N–H and O–H groups in total. The molecule has 74 heavy (non-hydrogen) atoms. The Hall–Kier alpha value is -8.11. The second-order valence-electron chi connectivity index (χ2n) is 18.7. The van der Waals surface area contributed by atoms with Crippen molar-refractivity contribution in [2.24, 2.45) is 10.7 Å². The summed E-state index contributed by atoms with van der Waals surface area (Å²) < 4.78 is 6.46. The first-order valence-corrected chi connectivity index (χ1v) is 26.5. The van der Waals surface area contributed by atoms with Crippen LogP contribution in [0.5, 0.6) is 0 Å². The highest BCUT2D eigenvalue weighted by atomic mass is 16.3. The molecule has 0 amide bonds. The first kappa shape index (κ1) is 52.2. The molecule has 0 bridgehead atoms. The maximum Gasteiger partial charge on any atom is 0.136 e. The summed E-state index contributed by atoms with van der Waals surface area (Å²) in [5, 5.41) is 2.25. The Morgan fingerprint density at radius 1 is 0.500 bits per heavy atom. The van der Waals surface area contributed by atoms with Crippen molar-refractivity contribution in [3.8, 4) is 33.4 Å². The lowest BCUT2D eigenvalue weighted by atomic mass is 9.94. The number of nitrogens with zero attached hydrogens (tertiary/aromatic N) is 1. The van der Waals surface area contributed by atoms with Crippen LogP contribution in [0.25, 0.3) is 66.6 Å². The number of allylic oxidation sites excluding steroid dienone is 3. The molecule has 1 atom stereocenters. The fourth-order valence-corrected chi connectivity index (χ4v) is 9.42. The van der Waals surface area contributed by atoms with E-state index in [9.17, 15) is 0 Å². The van der Waals surface area contributed by atoms with Crippen LogP contribution in [0.15, 0.2) is 246 Å². The van der Waals surface area contributed by atoms with Crippen molar-refractivity contribution in [1.29, 1.82) is 0 Å². The summed E-state index contributed by atoms with van der Waals surface area (Å²) >= 11 is 0. The van der Waals surface area contributed by atoms with Crippen LogP contribution in [0.2, 0.25) is 0 Å². The van der Waals surface area contributed by atoms with E-state index in [1.165, 1.54) is 55.6 Å². The number of rotatable bonds is 15. The maximum absolute atomic E-state index is 6.46. The van der Waals surface area contributed by atoms with Crippen LogP contribution in [0, 0.1) is 6.92 Å². The van der Waals surface area contributed by atoms with E-state index in [0.29, 0.717) is 0 Å². The normalized spacial score (nSPS) is 12.2. The van der Waals surface area contributed by atoms with Gasteiger partial charge in [-0.05, 0) is 154 Å². The quantitative estimate of drug-likeness (QED) is 0.104. The van der Waals surface area contributed by atoms with Gasteiger partial charge in [-0.2, -0.15) is 0 Å². The lowest BCUT2D eigenvalue weighted by molar-refractivity contribution is 0.638. The number of furan rings is 1. The molecule has 1 unspecified atom stereocenters. The zero-order chi connectivity index (χ0) is 51.7. The van der Waals surface area contributed by atoms with Crippen LogP contribution in [-0.2, 0) is 12.8 Å². The van der Waals surface area contributed by atoms with Crippen LogP contribution in [0.4, 0.5) is 0 Å². The van der Waals surface area contributed by atoms with E-state index in [1.807, 2.05) is 19.9 Å². The Bertz CT molecular complexity index is 3460. The number of aliphatic imine (C=N–C) groups is 1. The molecule has 0 radical (unpaired) electrons. The monoisotopic (exact) mass is 967 g/mol. The molecule has 0 aliphatic heterocycles. The van der Waals surface area contributed by atoms with Gasteiger partial charge in [0.2, 0.25) is 0 Å². The molecule has 0 saturated heterocycles. The Morgan fingerprint density at radius 3 is 1.66 bits per heavy atom. The van der Waals surface area contributed by atoms with E-state index in [1.54, 1.807) is 0 Å². The molecule has 3 heteroatoms. The lowest BCUT2D eigenvalue weighted by Crippen LogP contribution is -2.09. The molecular formula is C71H70N2O. The van der Waals surface area contributed by atoms with Gasteiger partial charge in [-0.15, -0.1) is 0 Å². The van der Waals surface area contributed by atoms with Gasteiger partial charge in [0.25, 0.3) is 0 Å². The summed E-state index contributed by atoms with van der Waals surface area (Å²) in [6, 6.07) is 79.5. The van der Waals surface area contributed by atoms with Gasteiger partial charge in [0.15, 0.2) is 0 Å². The Labute approximate surface area is 440 Å². The predicted molar refractivity (Wildman–Crippen MR) is 320 cm³/mol. The average molecular weight is 967 g/mol. The first-order valence-electron chi connectivity index (χ1n) is 26.5. The Morgan fingerprint density at radius 2 is 1.03 bits per heavy atom. The molecule has 10 aromatic rings. The second kappa shape index (κ2) is 26.0. The van der Waals surface area contributed by atoms with Crippen molar-refractivity contribution in [2.75, 3.05) is 0 Å². The van der Waals surface area contributed by atoms with E-state index < -0.39 is 0 Å². The zero-order valence-corrected chi connectivity index (χ0v) is 44.1. The summed E-state index contributed by atoms with van der Waals surface area (Å²) in [7, 11) is 0. The summed E-state index contributed by atoms with van der Waals surface area (Å²) in [6.45, 7) is 12.7. The summed E-state index contributed by atoms with van der Waals surface area (Å²) in [5.74, 6) is 0. The molecule has 0 aliphatic carbocycles. The average Bonchev–Trinajstić information content (AvgIpc) is 3.82. The minimum absolute atomic E-state index is 0.0516. The molecule has 0 aliphatic rings. The van der Waals surface area contributed by atoms with Gasteiger partial charge in [0, 0.05) is 22.5 Å². The fourth-order valence-electron chi connectivity index (χ4n) is 9.42. The molecule has 3 nitrogen and oxygen atoms in total. The SMILES string of the molecule is C/C(=C\Cc1ccccc1)c1ccccc1.CC.CCCC(N)c1cccc(-c2ccc3c(c2)oc2cc(C)c(-c4ccc(-c5cccc(C(CC)=N/C(=C\Cc6ccccc6)c6ccccc6)c5)cc4)cc23)c1. The van der Waals surface area contributed by atoms with Crippen molar-refractivity contribution in [3.05, 3.63) is 276 Å². The van der Waals surface area contributed by atoms with Gasteiger partial charge < -0.3 is 10.2 Å². The number of aryl methyl sites for hydroxylation is 1. The van der Waals surface area contributed by atoms with Gasteiger partial charge >= 0.3 is 0 Å². The third kappa shape index (κ3) is 13.3. The van der Waals surface area contributed by atoms with E-state index in [4.69, 9.17) is 15.1 Å². The Kier molecular flexibility index (Phi) is 18.4. The first-order chi connectivity index (χ1) is 36.3. The molecule has 1 aromatic heterocycles. The number of hydrogen-bond donors (Lipinski definition) is 1. The van der Waals surface area contributed by atoms with Crippen LogP contribution >= 0.6 is 0 Å². The number of benzene rings is 9. The maximum atomic E-state index is 6.46. The predicted octanol–water partition coefficient (Wildman–Crippen LogP) is 19.5. The van der Waals surface area contributed by atoms with Crippen molar-refractivity contribution >= 4 is 38.9 Å². The van der Waals surface area contributed by atoms with Gasteiger partial charge in [-0.25, -0.2) is 0 Å². The second-order valence-corrected chi connectivity index (χ2v) is 18.7. The van der Waals surface area contributed by atoms with Gasteiger partial charge in [0.1, 0.15) is 11.2 Å². The lowest BCUT2D eigenvalue weighted by Gasteiger charge is -2.12. The molecular weight excluding hydrogens is 897 g/mol. The molecule has 0 fully saturated rings. The molecule has 9 aromatic carbocycles. The standard InChI is InChI=1S/C53H48N2O.C16H16.C2H6/c1-4-14-49(54)44-21-12-20-42(32-44)43-28-29-46-48-35-47(36(3)31-52(48)56-53(46)34-43)39-26-24-38(25-27-39)41-19-13-22-45(33-41)50(5-2)55-51(40-17-10-7-11-18-40)30-23-37-15-8-6-9-16-37;1-14(16-10-6-3-7-11-16)12-13-15-8-4-2-5-9-15;1-2/h6-13,15-22,24-35,49H,4-5,14,23,54H2,1-3H3;2-12H,13H2,1H3;1-2H3/b51-30-,55-50?;14-12+;. The summed E-state index contributed by atoms with van der Waals surface area (Å²) in [6.07, 6.45) is 9.22. The van der Waals surface area contributed by atoms with Gasteiger partial charge in [0.05, 0.1) is 5.70 Å². The highest BCUT2D eigenvalue weighted by Gasteiger charge is 2.15. The minimum atomic E-state index is 0.0516.